The summed E-state index contributed by atoms with van der Waals surface area (Å²) in [4.78, 5) is 23.2. The van der Waals surface area contributed by atoms with Crippen molar-refractivity contribution in [2.45, 2.75) is 16.6 Å². The van der Waals surface area contributed by atoms with Gasteiger partial charge in [0.15, 0.2) is 0 Å². The third kappa shape index (κ3) is 5.49. The summed E-state index contributed by atoms with van der Waals surface area (Å²) in [7, 11) is 0. The zero-order valence-electron chi connectivity index (χ0n) is 13.4. The predicted molar refractivity (Wildman–Crippen MR) is 96.2 cm³/mol. The fourth-order valence-electron chi connectivity index (χ4n) is 1.86. The number of nitrogens with one attached hydrogen (secondary N) is 2. The normalized spacial score (nSPS) is 11.4. The number of amides is 3. The summed E-state index contributed by atoms with van der Waals surface area (Å²) in [5.41, 5.74) is -0.571. The second-order valence-corrected chi connectivity index (χ2v) is 7.12. The van der Waals surface area contributed by atoms with Gasteiger partial charge in [-0.3, -0.25) is 10.1 Å². The molecule has 0 aliphatic rings. The minimum Gasteiger partial charge on any atom is -0.305 e. The van der Waals surface area contributed by atoms with E-state index in [1.54, 1.807) is 6.07 Å². The summed E-state index contributed by atoms with van der Waals surface area (Å²) >= 11 is 10.9. The van der Waals surface area contributed by atoms with E-state index in [4.69, 9.17) is 23.2 Å². The standard InChI is InChI=1S/C16H9Cl2F5N2O2S/c17-8-4-2-1-3-7(8)13(26)25-15(27)24-11-5-9(18)12(6-10(11)19)28-16(22,23)14(20)21/h1-6,14H,(H2,24,25,26,27). The number of hydrogen-bond donors (Lipinski definition) is 2. The Morgan fingerprint density at radius 3 is 2.32 bits per heavy atom. The zero-order valence-corrected chi connectivity index (χ0v) is 15.7. The van der Waals surface area contributed by atoms with Crippen molar-refractivity contribution in [1.82, 2.24) is 5.32 Å². The van der Waals surface area contributed by atoms with E-state index in [1.807, 2.05) is 10.6 Å². The van der Waals surface area contributed by atoms with Gasteiger partial charge in [0.05, 0.1) is 21.3 Å². The quantitative estimate of drug-likeness (QED) is 0.423. The van der Waals surface area contributed by atoms with E-state index in [0.717, 1.165) is 6.07 Å². The highest BCUT2D eigenvalue weighted by atomic mass is 35.5. The Kier molecular flexibility index (Phi) is 7.13. The van der Waals surface area contributed by atoms with E-state index in [0.29, 0.717) is 6.07 Å². The number of benzene rings is 2. The first-order chi connectivity index (χ1) is 13.0. The maximum Gasteiger partial charge on any atom is 0.357 e. The number of anilines is 1. The van der Waals surface area contributed by atoms with Crippen LogP contribution in [0, 0.1) is 5.82 Å². The van der Waals surface area contributed by atoms with Crippen LogP contribution in [0.15, 0.2) is 41.3 Å². The van der Waals surface area contributed by atoms with Crippen molar-refractivity contribution in [3.8, 4) is 0 Å². The van der Waals surface area contributed by atoms with E-state index in [2.05, 4.69) is 0 Å². The number of halogens is 7. The molecular weight excluding hydrogens is 450 g/mol. The molecule has 12 heteroatoms. The monoisotopic (exact) mass is 458 g/mol. The molecule has 0 fully saturated rings. The second kappa shape index (κ2) is 8.97. The van der Waals surface area contributed by atoms with E-state index >= 15 is 0 Å². The Bertz CT molecular complexity index is 915. The minimum atomic E-state index is -4.48. The summed E-state index contributed by atoms with van der Waals surface area (Å²) in [5, 5.41) is -1.05. The number of imide groups is 1. The molecule has 0 aliphatic carbocycles. The molecule has 0 heterocycles. The Balaban J connectivity index is 2.12. The molecule has 2 aromatic carbocycles. The molecule has 0 atom stereocenters. The summed E-state index contributed by atoms with van der Waals surface area (Å²) in [5.74, 6) is -2.10. The van der Waals surface area contributed by atoms with Crippen molar-refractivity contribution in [3.63, 3.8) is 0 Å². The van der Waals surface area contributed by atoms with Gasteiger partial charge < -0.3 is 5.32 Å². The molecule has 0 aromatic heterocycles. The van der Waals surface area contributed by atoms with Gasteiger partial charge in [0, 0.05) is 4.90 Å². The minimum absolute atomic E-state index is 0.0150. The van der Waals surface area contributed by atoms with Crippen LogP contribution in [0.25, 0.3) is 0 Å². The maximum absolute atomic E-state index is 14.0. The van der Waals surface area contributed by atoms with Gasteiger partial charge >= 0.3 is 17.7 Å². The van der Waals surface area contributed by atoms with Crippen molar-refractivity contribution in [1.29, 1.82) is 0 Å². The summed E-state index contributed by atoms with van der Waals surface area (Å²) < 4.78 is 64.7. The average molecular weight is 459 g/mol. The molecule has 0 unspecified atom stereocenters. The number of carbonyl (C=O) groups excluding carboxylic acids is 2. The number of hydrogen-bond acceptors (Lipinski definition) is 3. The molecule has 0 radical (unpaired) electrons. The van der Waals surface area contributed by atoms with Crippen LogP contribution in [0.5, 0.6) is 0 Å². The first kappa shape index (κ1) is 22.3. The Morgan fingerprint density at radius 2 is 1.71 bits per heavy atom. The number of urea groups is 1. The summed E-state index contributed by atoms with van der Waals surface area (Å²) in [6.07, 6.45) is -3.99. The first-order valence-electron chi connectivity index (χ1n) is 7.22. The van der Waals surface area contributed by atoms with Crippen molar-refractivity contribution < 1.29 is 31.5 Å². The zero-order chi connectivity index (χ0) is 21.1. The third-order valence-corrected chi connectivity index (χ3v) is 4.88. The lowest BCUT2D eigenvalue weighted by Crippen LogP contribution is -2.34. The first-order valence-corrected chi connectivity index (χ1v) is 8.79. The van der Waals surface area contributed by atoms with Crippen molar-refractivity contribution in [3.05, 3.63) is 57.8 Å². The Labute approximate surface area is 169 Å². The highest BCUT2D eigenvalue weighted by Gasteiger charge is 2.42. The fraction of sp³-hybridized carbons (Fsp3) is 0.125. The van der Waals surface area contributed by atoms with Gasteiger partial charge in [-0.1, -0.05) is 35.3 Å². The predicted octanol–water partition coefficient (Wildman–Crippen LogP) is 6.04. The molecule has 28 heavy (non-hydrogen) atoms. The highest BCUT2D eigenvalue weighted by molar-refractivity contribution is 8.00. The molecule has 0 spiro atoms. The van der Waals surface area contributed by atoms with Gasteiger partial charge in [-0.25, -0.2) is 18.0 Å². The van der Waals surface area contributed by atoms with Crippen LogP contribution < -0.4 is 10.6 Å². The molecule has 0 bridgehead atoms. The van der Waals surface area contributed by atoms with Gasteiger partial charge in [0.25, 0.3) is 5.91 Å². The van der Waals surface area contributed by atoms with Gasteiger partial charge in [-0.15, -0.1) is 0 Å². The van der Waals surface area contributed by atoms with Crippen LogP contribution in [0.1, 0.15) is 10.4 Å². The maximum atomic E-state index is 14.0. The van der Waals surface area contributed by atoms with E-state index in [1.165, 1.54) is 18.2 Å². The lowest BCUT2D eigenvalue weighted by Gasteiger charge is -2.16. The van der Waals surface area contributed by atoms with Gasteiger partial charge in [0.1, 0.15) is 5.82 Å². The molecule has 4 nitrogen and oxygen atoms in total. The van der Waals surface area contributed by atoms with Crippen LogP contribution in [0.2, 0.25) is 10.0 Å². The second-order valence-electron chi connectivity index (χ2n) is 5.12. The van der Waals surface area contributed by atoms with Crippen molar-refractivity contribution in [2.24, 2.45) is 0 Å². The number of alkyl halides is 4. The van der Waals surface area contributed by atoms with Crippen LogP contribution in [0.3, 0.4) is 0 Å². The summed E-state index contributed by atoms with van der Waals surface area (Å²) in [6.45, 7) is 0. The molecule has 150 valence electrons. The van der Waals surface area contributed by atoms with Gasteiger partial charge in [-0.05, 0) is 36.0 Å². The SMILES string of the molecule is O=C(NC(=O)c1ccccc1Cl)Nc1cc(Cl)c(SC(F)(F)C(F)F)cc1F. The van der Waals surface area contributed by atoms with Crippen LogP contribution in [0.4, 0.5) is 32.4 Å². The highest BCUT2D eigenvalue weighted by Crippen LogP contribution is 2.44. The van der Waals surface area contributed by atoms with E-state index in [9.17, 15) is 31.5 Å². The topological polar surface area (TPSA) is 58.2 Å². The number of carbonyl (C=O) groups is 2. The van der Waals surface area contributed by atoms with Crippen molar-refractivity contribution >= 4 is 52.6 Å². The lowest BCUT2D eigenvalue weighted by molar-refractivity contribution is -0.0563. The van der Waals surface area contributed by atoms with E-state index in [-0.39, 0.29) is 10.6 Å². The molecule has 0 saturated carbocycles. The summed E-state index contributed by atoms with van der Waals surface area (Å²) in [6, 6.07) is 5.89. The van der Waals surface area contributed by atoms with Crippen LogP contribution in [-0.2, 0) is 0 Å². The number of rotatable bonds is 5. The van der Waals surface area contributed by atoms with Gasteiger partial charge in [-0.2, -0.15) is 8.78 Å². The fourth-order valence-corrected chi connectivity index (χ4v) is 3.07. The smallest absolute Gasteiger partial charge is 0.305 e. The number of thioether (sulfide) groups is 1. The van der Waals surface area contributed by atoms with E-state index < -0.39 is 56.8 Å². The Hall–Kier alpha value is -2.04. The molecule has 0 saturated heterocycles. The third-order valence-electron chi connectivity index (χ3n) is 3.12. The molecule has 3 amide bonds. The van der Waals surface area contributed by atoms with Crippen molar-refractivity contribution in [2.75, 3.05) is 5.32 Å². The van der Waals surface area contributed by atoms with Crippen LogP contribution >= 0.6 is 35.0 Å². The Morgan fingerprint density at radius 1 is 1.07 bits per heavy atom. The molecule has 2 N–H and O–H groups in total. The van der Waals surface area contributed by atoms with Crippen LogP contribution in [-0.4, -0.2) is 23.6 Å². The molecular formula is C16H9Cl2F5N2O2S. The lowest BCUT2D eigenvalue weighted by atomic mass is 10.2. The molecule has 0 aliphatic heterocycles. The average Bonchev–Trinajstić information content (AvgIpc) is 2.59. The van der Waals surface area contributed by atoms with Gasteiger partial charge in [0.2, 0.25) is 0 Å². The largest absolute Gasteiger partial charge is 0.357 e. The molecule has 2 aromatic rings. The molecule has 2 rings (SSSR count).